The van der Waals surface area contributed by atoms with Gasteiger partial charge in [0.1, 0.15) is 71.7 Å². The van der Waals surface area contributed by atoms with Crippen LogP contribution in [-0.4, -0.2) is 185 Å². The Morgan fingerprint density at radius 2 is 0.915 bits per heavy atom. The lowest BCUT2D eigenvalue weighted by Gasteiger charge is -2.32. The van der Waals surface area contributed by atoms with Gasteiger partial charge >= 0.3 is 24.4 Å². The molecule has 0 saturated carbocycles. The standard InChI is InChI=1S/C45H54N8O8.C43H51N7O6/c1-22(2)37(50-44(56)59-7)43(55)53-24(4)9-14-34(53)41-47-32-13-11-26-17-31-29-12-10-27(16-28(29)21-61-36(31)18-30(26)39(32)49-41)33-19-46-40(48-33)35-15-23(3)20-52(35)42(54)38(25(5)58-6)51-45(57)60-8;1-22(2)36(48-41(52)54-8)40(51)50-24(4)9-14-33(50)39-45-31-13-11-25-17-30-28-12-10-26(16-27(28)21-55-35(30)18-29(25)37(31)47-39)32-19-44-38(46-32)34-15-23(3)20-49(34)42(53)56-43(5,6)7/h10-13,16-19,22-25,34-35,37-38H,9,14-15,20-21H2,1-8H3,(H,46,48)(H,47,49)(H,50,56)(H,51,57);10-13,16-19,22-24,33-34,36H,9,14-15,20-21H2,1-8H3,(H,44,46)(H,45,47)(H,48,52)/t23-,24-,25+,34-,35?,37?,38-;23-,24-,33-,34?,36?/m00/s1. The van der Waals surface area contributed by atoms with Crippen molar-refractivity contribution in [1.82, 2.24) is 75.4 Å². The summed E-state index contributed by atoms with van der Waals surface area (Å²) in [5.41, 5.74) is 12.7. The summed E-state index contributed by atoms with van der Waals surface area (Å²) in [6, 6.07) is 25.9. The first kappa shape index (κ1) is 80.4. The van der Waals surface area contributed by atoms with Gasteiger partial charge in [-0.25, -0.2) is 39.1 Å². The second-order valence-electron chi connectivity index (χ2n) is 34.0. The Balaban J connectivity index is 0.000000184. The average Bonchev–Trinajstić information content (AvgIpc) is 1.48. The Labute approximate surface area is 678 Å². The summed E-state index contributed by atoms with van der Waals surface area (Å²) < 4.78 is 38.4. The van der Waals surface area contributed by atoms with Gasteiger partial charge in [0.2, 0.25) is 17.7 Å². The number of methoxy groups -OCH3 is 4. The quantitative estimate of drug-likeness (QED) is 0.0442. The number of benzene rings is 6. The normalized spacial score (nSPS) is 21.2. The minimum atomic E-state index is -0.922. The average molecular weight is 1600 g/mol. The summed E-state index contributed by atoms with van der Waals surface area (Å²) >= 11 is 0. The fourth-order valence-electron chi connectivity index (χ4n) is 17.8. The number of amides is 7. The Hall–Kier alpha value is -11.8. The molecule has 0 aliphatic carbocycles. The van der Waals surface area contributed by atoms with Crippen LogP contribution in [0, 0.1) is 23.7 Å². The fraction of sp³-hybridized carbons (Fsp3) is 0.466. The number of ether oxygens (including phenoxy) is 7. The predicted octanol–water partition coefficient (Wildman–Crippen LogP) is 15.2. The van der Waals surface area contributed by atoms with Gasteiger partial charge in [-0.1, -0.05) is 77.9 Å². The van der Waals surface area contributed by atoms with E-state index >= 15 is 0 Å². The maximum absolute atomic E-state index is 14.0. The molecule has 0 spiro atoms. The highest BCUT2D eigenvalue weighted by molar-refractivity contribution is 6.08. The van der Waals surface area contributed by atoms with E-state index in [-0.39, 0.29) is 77.8 Å². The molecule has 29 heteroatoms. The Morgan fingerprint density at radius 1 is 0.487 bits per heavy atom. The summed E-state index contributed by atoms with van der Waals surface area (Å²) in [4.78, 5) is 132. The largest absolute Gasteiger partial charge is 0.488 e. The van der Waals surface area contributed by atoms with Crippen molar-refractivity contribution in [1.29, 1.82) is 0 Å². The lowest BCUT2D eigenvalue weighted by Crippen LogP contribution is -2.54. The number of hydrogen-bond donors (Lipinski definition) is 7. The van der Waals surface area contributed by atoms with Gasteiger partial charge < -0.3 is 83.7 Å². The van der Waals surface area contributed by atoms with E-state index in [1.54, 1.807) is 22.9 Å². The van der Waals surface area contributed by atoms with Gasteiger partial charge in [-0.05, 0) is 196 Å². The van der Waals surface area contributed by atoms with Crippen molar-refractivity contribution in [3.63, 3.8) is 0 Å². The number of rotatable bonds is 16. The molecule has 4 aromatic heterocycles. The molecule has 117 heavy (non-hydrogen) atoms. The SMILES string of the molecule is COC(=O)NC(C(=O)N1[C@@H](C)CC[C@H]1c1nc2c(ccc3cc4c(cc32)OCc2cc(-c3cnc(C5C[C@H](C)CN5C(=O)OC(C)(C)C)[nH]3)ccc2-4)[nH]1)C(C)C.COC(=O)NC(C(=O)N1[C@@H](C)CC[C@H]1c1nc2c(ccc3cc4c(cc32)OCc2cc(-c3cnc(C5C[C@H](C)CN5C(=O)[C@@H](NC(=O)OC)[C@@H](C)OC)[nH]3)ccc2-4)[nH]1)C(C)C. The van der Waals surface area contributed by atoms with Gasteiger partial charge in [-0.2, -0.15) is 0 Å². The molecule has 10 heterocycles. The first-order valence-corrected chi connectivity index (χ1v) is 40.5. The van der Waals surface area contributed by atoms with Crippen LogP contribution in [0.1, 0.15) is 180 Å². The van der Waals surface area contributed by atoms with E-state index < -0.39 is 48.1 Å². The Kier molecular flexibility index (Phi) is 22.3. The van der Waals surface area contributed by atoms with Crippen molar-refractivity contribution in [2.45, 2.75) is 201 Å². The third-order valence-corrected chi connectivity index (χ3v) is 23.9. The highest BCUT2D eigenvalue weighted by atomic mass is 16.6. The smallest absolute Gasteiger partial charge is 0.410 e. The molecule has 12 atom stereocenters. The zero-order valence-electron chi connectivity index (χ0n) is 69.2. The number of nitrogens with zero attached hydrogens (tertiary/aromatic N) is 8. The number of carbonyl (C=O) groups is 7. The highest BCUT2D eigenvalue weighted by Crippen LogP contribution is 2.48. The lowest BCUT2D eigenvalue weighted by molar-refractivity contribution is -0.138. The molecule has 7 N–H and O–H groups in total. The zero-order chi connectivity index (χ0) is 82.9. The van der Waals surface area contributed by atoms with Crippen molar-refractivity contribution >= 4 is 85.7 Å². The van der Waals surface area contributed by atoms with Crippen LogP contribution in [-0.2, 0) is 51.3 Å². The molecule has 4 unspecified atom stereocenters. The number of fused-ring (bicyclic) bond motifs is 12. The summed E-state index contributed by atoms with van der Waals surface area (Å²) in [6.45, 7) is 25.3. The Morgan fingerprint density at radius 3 is 1.33 bits per heavy atom. The molecular weight excluding hydrogens is 1490 g/mol. The van der Waals surface area contributed by atoms with Gasteiger partial charge in [0, 0.05) is 54.2 Å². The van der Waals surface area contributed by atoms with Crippen LogP contribution < -0.4 is 25.4 Å². The van der Waals surface area contributed by atoms with Crippen LogP contribution in [0.3, 0.4) is 0 Å². The predicted molar refractivity (Wildman–Crippen MR) is 440 cm³/mol. The molecule has 10 aromatic rings. The fourth-order valence-corrected chi connectivity index (χ4v) is 17.8. The molecule has 616 valence electrons. The third kappa shape index (κ3) is 15.7. The summed E-state index contributed by atoms with van der Waals surface area (Å²) in [6.07, 6.45) is 5.45. The van der Waals surface area contributed by atoms with E-state index in [1.165, 1.54) is 28.4 Å². The maximum Gasteiger partial charge on any atom is 0.410 e. The zero-order valence-corrected chi connectivity index (χ0v) is 69.2. The number of H-pyrrole nitrogens is 4. The first-order valence-electron chi connectivity index (χ1n) is 40.5. The summed E-state index contributed by atoms with van der Waals surface area (Å²) in [5, 5.41) is 12.1. The number of imidazole rings is 4. The molecule has 6 aliphatic heterocycles. The number of aromatic nitrogens is 8. The van der Waals surface area contributed by atoms with E-state index in [9.17, 15) is 33.6 Å². The van der Waals surface area contributed by atoms with Crippen molar-refractivity contribution in [2.24, 2.45) is 23.7 Å². The van der Waals surface area contributed by atoms with Crippen LogP contribution in [0.15, 0.2) is 97.3 Å². The van der Waals surface area contributed by atoms with Crippen LogP contribution in [0.25, 0.3) is 88.4 Å². The Bertz CT molecular complexity index is 5500. The van der Waals surface area contributed by atoms with Gasteiger partial charge in [0.05, 0.1) is 97.4 Å². The van der Waals surface area contributed by atoms with Crippen LogP contribution in [0.5, 0.6) is 11.5 Å². The lowest BCUT2D eigenvalue weighted by atomic mass is 9.92. The number of alkyl carbamates (subject to hydrolysis) is 3. The molecule has 6 aliphatic rings. The molecule has 0 bridgehead atoms. The molecule has 4 saturated heterocycles. The van der Waals surface area contributed by atoms with E-state index in [0.717, 1.165) is 155 Å². The van der Waals surface area contributed by atoms with Gasteiger partial charge in [0.25, 0.3) is 0 Å². The number of aromatic amines is 4. The van der Waals surface area contributed by atoms with Crippen molar-refractivity contribution in [3.05, 3.63) is 132 Å². The van der Waals surface area contributed by atoms with Gasteiger partial charge in [-0.15, -0.1) is 0 Å². The van der Waals surface area contributed by atoms with Crippen LogP contribution in [0.2, 0.25) is 0 Å². The number of nitrogens with one attached hydrogen (secondary N) is 7. The summed E-state index contributed by atoms with van der Waals surface area (Å²) in [5.74, 6) is 4.15. The second-order valence-corrected chi connectivity index (χ2v) is 34.0. The molecule has 4 fully saturated rings. The van der Waals surface area contributed by atoms with E-state index in [4.69, 9.17) is 53.1 Å². The highest BCUT2D eigenvalue weighted by Gasteiger charge is 2.46. The van der Waals surface area contributed by atoms with E-state index in [1.807, 2.05) is 90.4 Å². The van der Waals surface area contributed by atoms with E-state index in [2.05, 4.69) is 123 Å². The maximum atomic E-state index is 14.0. The van der Waals surface area contributed by atoms with Crippen molar-refractivity contribution < 1.29 is 66.7 Å². The van der Waals surface area contributed by atoms with Crippen molar-refractivity contribution in [2.75, 3.05) is 41.5 Å². The number of carbonyl (C=O) groups excluding carboxylic acids is 7. The molecule has 6 aromatic carbocycles. The summed E-state index contributed by atoms with van der Waals surface area (Å²) in [7, 11) is 5.35. The monoisotopic (exact) mass is 1600 g/mol. The second kappa shape index (κ2) is 32.4. The van der Waals surface area contributed by atoms with Crippen LogP contribution >= 0.6 is 0 Å². The van der Waals surface area contributed by atoms with E-state index in [0.29, 0.717) is 50.3 Å². The third-order valence-electron chi connectivity index (χ3n) is 23.9. The minimum absolute atomic E-state index is 0.0138. The molecule has 0 radical (unpaired) electrons. The topological polar surface area (TPSA) is 348 Å². The molecular formula is C88H105N15O14. The molecule has 29 nitrogen and oxygen atoms in total. The van der Waals surface area contributed by atoms with Gasteiger partial charge in [-0.3, -0.25) is 19.3 Å². The molecule has 16 rings (SSSR count). The molecule has 7 amide bonds. The minimum Gasteiger partial charge on any atom is -0.488 e. The van der Waals surface area contributed by atoms with Crippen molar-refractivity contribution in [3.8, 4) is 56.3 Å². The van der Waals surface area contributed by atoms with Gasteiger partial charge in [0.15, 0.2) is 0 Å². The first-order chi connectivity index (χ1) is 56.0. The van der Waals surface area contributed by atoms with Crippen LogP contribution in [0.4, 0.5) is 19.2 Å². The number of likely N-dealkylation sites (tertiary alicyclic amines) is 4. The number of hydrogen-bond acceptors (Lipinski definition) is 18.